The summed E-state index contributed by atoms with van der Waals surface area (Å²) in [6, 6.07) is 7.95. The molecule has 0 heterocycles. The van der Waals surface area contributed by atoms with Gasteiger partial charge >= 0.3 is 0 Å². The molecule has 1 aromatic carbocycles. The summed E-state index contributed by atoms with van der Waals surface area (Å²) in [4.78, 5) is 0. The Morgan fingerprint density at radius 2 is 1.62 bits per heavy atom. The van der Waals surface area contributed by atoms with Crippen LogP contribution in [0.5, 0.6) is 5.75 Å². The van der Waals surface area contributed by atoms with E-state index in [1.807, 2.05) is 24.3 Å². The third kappa shape index (κ3) is 16.3. The van der Waals surface area contributed by atoms with E-state index in [0.717, 1.165) is 24.2 Å². The van der Waals surface area contributed by atoms with Crippen LogP contribution in [0.1, 0.15) is 57.4 Å². The molecule has 0 unspecified atom stereocenters. The van der Waals surface area contributed by atoms with Crippen molar-refractivity contribution in [2.45, 2.75) is 64.6 Å². The predicted molar refractivity (Wildman–Crippen MR) is 104 cm³/mol. The van der Waals surface area contributed by atoms with Gasteiger partial charge in [0.1, 0.15) is 5.75 Å². The molecule has 0 aliphatic carbocycles. The zero-order valence-electron chi connectivity index (χ0n) is 16.2. The van der Waals surface area contributed by atoms with E-state index in [1.165, 1.54) is 32.1 Å². The molecule has 0 saturated heterocycles. The van der Waals surface area contributed by atoms with Gasteiger partial charge in [0.25, 0.3) is 10.1 Å². The topological polar surface area (TPSA) is 93.1 Å². The summed E-state index contributed by atoms with van der Waals surface area (Å²) in [6.07, 6.45) is 9.00. The minimum Gasteiger partial charge on any atom is -0.497 e. The van der Waals surface area contributed by atoms with E-state index in [9.17, 15) is 8.42 Å². The van der Waals surface area contributed by atoms with E-state index in [-0.39, 0.29) is 12.7 Å². The molecule has 6 nitrogen and oxygen atoms in total. The number of unbranched alkanes of at least 4 members (excludes halogenated alkanes) is 4. The first-order valence-electron chi connectivity index (χ1n) is 9.08. The molecule has 26 heavy (non-hydrogen) atoms. The van der Waals surface area contributed by atoms with E-state index in [1.54, 1.807) is 7.11 Å². The first-order chi connectivity index (χ1) is 12.3. The average Bonchev–Trinajstić information content (AvgIpc) is 2.58. The van der Waals surface area contributed by atoms with Crippen molar-refractivity contribution in [1.29, 1.82) is 0 Å². The molecule has 1 aromatic rings. The smallest absolute Gasteiger partial charge is 0.261 e. The highest BCUT2D eigenvalue weighted by molar-refractivity contribution is 7.85. The Kier molecular flexibility index (Phi) is 14.3. The lowest BCUT2D eigenvalue weighted by Gasteiger charge is -2.17. The molecule has 0 spiro atoms. The third-order valence-corrected chi connectivity index (χ3v) is 3.73. The predicted octanol–water partition coefficient (Wildman–Crippen LogP) is 3.83. The Hall–Kier alpha value is -1.15. The van der Waals surface area contributed by atoms with Crippen molar-refractivity contribution in [2.24, 2.45) is 0 Å². The maximum absolute atomic E-state index is 9.19. The number of rotatable bonds is 12. The number of aliphatic hydroxyl groups is 1. The van der Waals surface area contributed by atoms with Gasteiger partial charge in [-0.3, -0.25) is 4.55 Å². The Bertz CT molecular complexity index is 534. The summed E-state index contributed by atoms with van der Waals surface area (Å²) in [5.41, 5.74) is 1.14. The maximum atomic E-state index is 9.19. The van der Waals surface area contributed by atoms with Crippen LogP contribution in [0, 0.1) is 0 Å². The number of aliphatic hydroxyl groups excluding tert-OH is 1. The molecule has 0 amide bonds. The van der Waals surface area contributed by atoms with Gasteiger partial charge in [0.05, 0.1) is 26.1 Å². The molecule has 1 rings (SSSR count). The fourth-order valence-electron chi connectivity index (χ4n) is 2.37. The molecule has 152 valence electrons. The van der Waals surface area contributed by atoms with Gasteiger partial charge in [-0.25, -0.2) is 0 Å². The van der Waals surface area contributed by atoms with E-state index >= 15 is 0 Å². The zero-order valence-corrected chi connectivity index (χ0v) is 17.0. The van der Waals surface area contributed by atoms with Crippen molar-refractivity contribution in [2.75, 3.05) is 20.0 Å². The highest BCUT2D eigenvalue weighted by atomic mass is 32.2. The van der Waals surface area contributed by atoms with Crippen molar-refractivity contribution < 1.29 is 27.6 Å². The van der Waals surface area contributed by atoms with E-state index in [0.29, 0.717) is 12.9 Å². The molecule has 0 fully saturated rings. The normalized spacial score (nSPS) is 12.2. The summed E-state index contributed by atoms with van der Waals surface area (Å²) in [7, 11) is -2.00. The van der Waals surface area contributed by atoms with Crippen LogP contribution in [0.2, 0.25) is 0 Å². The lowest BCUT2D eigenvalue weighted by Crippen LogP contribution is -2.14. The van der Waals surface area contributed by atoms with E-state index < -0.39 is 10.1 Å². The quantitative estimate of drug-likeness (QED) is 0.416. The second-order valence-corrected chi connectivity index (χ2v) is 7.70. The molecular formula is C19H34O6S. The van der Waals surface area contributed by atoms with Gasteiger partial charge in [0, 0.05) is 6.61 Å². The molecule has 0 saturated carbocycles. The van der Waals surface area contributed by atoms with Crippen LogP contribution in [-0.4, -0.2) is 44.2 Å². The molecule has 2 N–H and O–H groups in total. The van der Waals surface area contributed by atoms with Gasteiger partial charge in [-0.1, -0.05) is 51.2 Å². The summed E-state index contributed by atoms with van der Waals surface area (Å²) in [6.45, 7) is 3.03. The molecule has 0 aliphatic heterocycles. The summed E-state index contributed by atoms with van der Waals surface area (Å²) in [5, 5.41) is 9.15. The van der Waals surface area contributed by atoms with E-state index in [4.69, 9.17) is 19.1 Å². The molecular weight excluding hydrogens is 356 g/mol. The molecule has 0 aromatic heterocycles. The van der Waals surface area contributed by atoms with E-state index in [2.05, 4.69) is 6.92 Å². The summed E-state index contributed by atoms with van der Waals surface area (Å²) < 4.78 is 37.0. The number of hydrogen-bond donors (Lipinski definition) is 2. The van der Waals surface area contributed by atoms with Crippen molar-refractivity contribution in [3.8, 4) is 5.75 Å². The Morgan fingerprint density at radius 3 is 2.12 bits per heavy atom. The van der Waals surface area contributed by atoms with Crippen molar-refractivity contribution in [3.05, 3.63) is 29.8 Å². The number of benzene rings is 1. The second kappa shape index (κ2) is 15.0. The van der Waals surface area contributed by atoms with Gasteiger partial charge in [-0.2, -0.15) is 8.42 Å². The average molecular weight is 391 g/mol. The van der Waals surface area contributed by atoms with Crippen molar-refractivity contribution in [1.82, 2.24) is 0 Å². The summed E-state index contributed by atoms with van der Waals surface area (Å²) in [5.74, 6) is 0.863. The first kappa shape index (κ1) is 24.8. The van der Waals surface area contributed by atoms with Crippen molar-refractivity contribution in [3.63, 3.8) is 0 Å². The monoisotopic (exact) mass is 390 g/mol. The van der Waals surface area contributed by atoms with Crippen LogP contribution in [0.4, 0.5) is 0 Å². The first-order valence-corrected chi connectivity index (χ1v) is 10.9. The standard InChI is InChI=1S/C18H30O3.CH4O3S/c1-3-4-5-6-7-8-18(13-14-19)21-15-16-9-11-17(20-2)12-10-16;1-5(2,3)4/h9-12,18-19H,3-8,13-15H2,1-2H3;1H3,(H,2,3,4)/t18-;/m1./s1. The lowest BCUT2D eigenvalue weighted by molar-refractivity contribution is 0.0174. The van der Waals surface area contributed by atoms with Crippen LogP contribution in [-0.2, 0) is 21.5 Å². The largest absolute Gasteiger partial charge is 0.497 e. The van der Waals surface area contributed by atoms with Crippen LogP contribution in [0.15, 0.2) is 24.3 Å². The molecule has 1 atom stereocenters. The molecule has 0 aliphatic rings. The Balaban J connectivity index is 0.00000110. The zero-order chi connectivity index (χ0) is 19.8. The van der Waals surface area contributed by atoms with Crippen molar-refractivity contribution >= 4 is 10.1 Å². The highest BCUT2D eigenvalue weighted by Crippen LogP contribution is 2.16. The van der Waals surface area contributed by atoms with Crippen LogP contribution < -0.4 is 4.74 Å². The van der Waals surface area contributed by atoms with Gasteiger partial charge in [-0.15, -0.1) is 0 Å². The second-order valence-electron chi connectivity index (χ2n) is 6.23. The fraction of sp³-hybridized carbons (Fsp3) is 0.684. The highest BCUT2D eigenvalue weighted by Gasteiger charge is 2.09. The number of methoxy groups -OCH3 is 1. The van der Waals surface area contributed by atoms with Gasteiger partial charge in [0.2, 0.25) is 0 Å². The Labute approximate surface area is 158 Å². The lowest BCUT2D eigenvalue weighted by atomic mass is 10.1. The number of hydrogen-bond acceptors (Lipinski definition) is 5. The Morgan fingerprint density at radius 1 is 1.04 bits per heavy atom. The van der Waals surface area contributed by atoms with Crippen LogP contribution in [0.3, 0.4) is 0 Å². The van der Waals surface area contributed by atoms with Gasteiger partial charge in [0.15, 0.2) is 0 Å². The maximum Gasteiger partial charge on any atom is 0.261 e. The minimum atomic E-state index is -3.67. The van der Waals surface area contributed by atoms with Crippen LogP contribution in [0.25, 0.3) is 0 Å². The fourth-order valence-corrected chi connectivity index (χ4v) is 2.37. The van der Waals surface area contributed by atoms with Gasteiger partial charge in [-0.05, 0) is 30.5 Å². The van der Waals surface area contributed by atoms with Gasteiger partial charge < -0.3 is 14.6 Å². The van der Waals surface area contributed by atoms with Crippen LogP contribution >= 0.6 is 0 Å². The minimum absolute atomic E-state index is 0.165. The molecule has 0 bridgehead atoms. The molecule has 0 radical (unpaired) electrons. The SMILES string of the molecule is CCCCCCC[C@H](CCO)OCc1ccc(OC)cc1.CS(=O)(=O)O. The molecule has 7 heteroatoms. The number of ether oxygens (including phenoxy) is 2. The summed E-state index contributed by atoms with van der Waals surface area (Å²) >= 11 is 0. The third-order valence-electron chi connectivity index (χ3n) is 3.73.